The second-order valence-electron chi connectivity index (χ2n) is 3.07. The van der Waals surface area contributed by atoms with Crippen LogP contribution in [0.15, 0.2) is 0 Å². The highest BCUT2D eigenvalue weighted by atomic mass is 16.3. The molecule has 0 aromatic carbocycles. The summed E-state index contributed by atoms with van der Waals surface area (Å²) in [7, 11) is 0. The van der Waals surface area contributed by atoms with Crippen LogP contribution in [0.4, 0.5) is 0 Å². The third-order valence-electron chi connectivity index (χ3n) is 2.10. The Hall–Kier alpha value is -0.160. The maximum atomic E-state index is 9.34. The van der Waals surface area contributed by atoms with E-state index in [0.717, 1.165) is 0 Å². The van der Waals surface area contributed by atoms with Gasteiger partial charge in [0.2, 0.25) is 0 Å². The Morgan fingerprint density at radius 2 is 2.09 bits per heavy atom. The molecule has 0 amide bonds. The summed E-state index contributed by atoms with van der Waals surface area (Å²) in [4.78, 5) is 0. The van der Waals surface area contributed by atoms with E-state index in [2.05, 4.69) is 5.32 Å². The molecule has 4 N–H and O–H groups in total. The van der Waals surface area contributed by atoms with Crippen molar-refractivity contribution in [2.24, 2.45) is 0 Å². The Labute approximate surface area is 65.9 Å². The number of aliphatic hydroxyl groups is 3. The standard InChI is InChI=1S/C7H15NO3/c1-4(9)6-7(11)5(10)2-3-8-6/h4-11H,2-3H2,1H3. The van der Waals surface area contributed by atoms with Crippen molar-refractivity contribution in [1.29, 1.82) is 0 Å². The molecule has 1 rings (SSSR count). The van der Waals surface area contributed by atoms with Crippen molar-refractivity contribution in [3.05, 3.63) is 0 Å². The Balaban J connectivity index is 2.51. The van der Waals surface area contributed by atoms with E-state index in [1.54, 1.807) is 6.92 Å². The molecule has 1 saturated heterocycles. The summed E-state index contributed by atoms with van der Waals surface area (Å²) >= 11 is 0. The average molecular weight is 161 g/mol. The average Bonchev–Trinajstić information content (AvgIpc) is 1.94. The lowest BCUT2D eigenvalue weighted by Gasteiger charge is -2.34. The molecule has 4 nitrogen and oxygen atoms in total. The fourth-order valence-electron chi connectivity index (χ4n) is 1.38. The second kappa shape index (κ2) is 3.49. The zero-order valence-electron chi connectivity index (χ0n) is 6.57. The van der Waals surface area contributed by atoms with Gasteiger partial charge in [-0.15, -0.1) is 0 Å². The summed E-state index contributed by atoms with van der Waals surface area (Å²) in [5.74, 6) is 0. The first-order valence-corrected chi connectivity index (χ1v) is 3.90. The van der Waals surface area contributed by atoms with E-state index in [9.17, 15) is 10.2 Å². The second-order valence-corrected chi connectivity index (χ2v) is 3.07. The van der Waals surface area contributed by atoms with Gasteiger partial charge in [-0.25, -0.2) is 0 Å². The molecule has 1 aliphatic heterocycles. The van der Waals surface area contributed by atoms with E-state index >= 15 is 0 Å². The number of aliphatic hydroxyl groups excluding tert-OH is 3. The molecule has 0 aromatic heterocycles. The molecule has 4 unspecified atom stereocenters. The van der Waals surface area contributed by atoms with Gasteiger partial charge in [0.05, 0.1) is 24.4 Å². The number of hydrogen-bond donors (Lipinski definition) is 4. The van der Waals surface area contributed by atoms with Gasteiger partial charge >= 0.3 is 0 Å². The monoisotopic (exact) mass is 161 g/mol. The SMILES string of the molecule is CC(O)C1NCCC(O)C1O. The minimum atomic E-state index is -0.844. The van der Waals surface area contributed by atoms with Crippen molar-refractivity contribution in [3.8, 4) is 0 Å². The fraction of sp³-hybridized carbons (Fsp3) is 1.00. The molecule has 0 radical (unpaired) electrons. The lowest BCUT2D eigenvalue weighted by atomic mass is 9.95. The normalized spacial score (nSPS) is 42.0. The van der Waals surface area contributed by atoms with Crippen LogP contribution in [0, 0.1) is 0 Å². The third-order valence-corrected chi connectivity index (χ3v) is 2.10. The minimum absolute atomic E-state index is 0.390. The molecule has 1 aliphatic rings. The zero-order valence-corrected chi connectivity index (χ0v) is 6.57. The van der Waals surface area contributed by atoms with Gasteiger partial charge in [0, 0.05) is 0 Å². The number of piperidine rings is 1. The maximum Gasteiger partial charge on any atom is 0.0977 e. The molecule has 0 aliphatic carbocycles. The summed E-state index contributed by atoms with van der Waals surface area (Å²) in [5, 5.41) is 30.6. The highest BCUT2D eigenvalue weighted by Crippen LogP contribution is 2.11. The van der Waals surface area contributed by atoms with Gasteiger partial charge in [-0.3, -0.25) is 0 Å². The molecule has 0 saturated carbocycles. The Bertz CT molecular complexity index is 129. The first kappa shape index (κ1) is 8.93. The lowest BCUT2D eigenvalue weighted by Crippen LogP contribution is -2.57. The van der Waals surface area contributed by atoms with Gasteiger partial charge in [0.1, 0.15) is 0 Å². The van der Waals surface area contributed by atoms with Crippen LogP contribution in [0.25, 0.3) is 0 Å². The van der Waals surface area contributed by atoms with Crippen LogP contribution >= 0.6 is 0 Å². The van der Waals surface area contributed by atoms with Crippen LogP contribution in [0.5, 0.6) is 0 Å². The first-order chi connectivity index (χ1) is 5.13. The Kier molecular flexibility index (Phi) is 2.84. The van der Waals surface area contributed by atoms with Gasteiger partial charge in [0.25, 0.3) is 0 Å². The summed E-state index contributed by atoms with van der Waals surface area (Å²) in [5.41, 5.74) is 0. The quantitative estimate of drug-likeness (QED) is 0.376. The fourth-order valence-corrected chi connectivity index (χ4v) is 1.38. The van der Waals surface area contributed by atoms with Gasteiger partial charge in [-0.2, -0.15) is 0 Å². The summed E-state index contributed by atoms with van der Waals surface area (Å²) < 4.78 is 0. The number of nitrogens with one attached hydrogen (secondary N) is 1. The highest BCUT2D eigenvalue weighted by Gasteiger charge is 2.32. The molecule has 11 heavy (non-hydrogen) atoms. The largest absolute Gasteiger partial charge is 0.392 e. The molecule has 0 aromatic rings. The zero-order chi connectivity index (χ0) is 8.43. The molecule has 66 valence electrons. The maximum absolute atomic E-state index is 9.34. The van der Waals surface area contributed by atoms with E-state index in [1.807, 2.05) is 0 Å². The molecule has 0 spiro atoms. The molecule has 1 heterocycles. The van der Waals surface area contributed by atoms with Gasteiger partial charge in [-0.05, 0) is 19.9 Å². The molecule has 4 heteroatoms. The van der Waals surface area contributed by atoms with Gasteiger partial charge in [0.15, 0.2) is 0 Å². The van der Waals surface area contributed by atoms with Crippen molar-refractivity contribution in [3.63, 3.8) is 0 Å². The minimum Gasteiger partial charge on any atom is -0.392 e. The van der Waals surface area contributed by atoms with E-state index in [0.29, 0.717) is 13.0 Å². The van der Waals surface area contributed by atoms with Crippen LogP contribution in [-0.4, -0.2) is 46.2 Å². The topological polar surface area (TPSA) is 72.7 Å². The van der Waals surface area contributed by atoms with Crippen LogP contribution in [0.1, 0.15) is 13.3 Å². The Morgan fingerprint density at radius 3 is 2.55 bits per heavy atom. The van der Waals surface area contributed by atoms with Crippen molar-refractivity contribution in [1.82, 2.24) is 5.32 Å². The predicted molar refractivity (Wildman–Crippen MR) is 40.1 cm³/mol. The molecule has 0 bridgehead atoms. The third kappa shape index (κ3) is 1.90. The van der Waals surface area contributed by atoms with Gasteiger partial charge in [-0.1, -0.05) is 0 Å². The molecular weight excluding hydrogens is 146 g/mol. The van der Waals surface area contributed by atoms with Crippen molar-refractivity contribution in [2.45, 2.75) is 37.7 Å². The predicted octanol–water partition coefficient (Wildman–Crippen LogP) is -1.55. The molecule has 4 atom stereocenters. The number of rotatable bonds is 1. The Morgan fingerprint density at radius 1 is 1.45 bits per heavy atom. The smallest absolute Gasteiger partial charge is 0.0977 e. The summed E-state index contributed by atoms with van der Waals surface area (Å²) in [6.45, 7) is 2.24. The summed E-state index contributed by atoms with van der Waals surface area (Å²) in [6.07, 6.45) is -1.62. The van der Waals surface area contributed by atoms with Crippen molar-refractivity contribution >= 4 is 0 Å². The van der Waals surface area contributed by atoms with Crippen LogP contribution in [0.3, 0.4) is 0 Å². The van der Waals surface area contributed by atoms with Crippen LogP contribution in [0.2, 0.25) is 0 Å². The van der Waals surface area contributed by atoms with E-state index in [1.165, 1.54) is 0 Å². The first-order valence-electron chi connectivity index (χ1n) is 3.90. The van der Waals surface area contributed by atoms with Gasteiger partial charge < -0.3 is 20.6 Å². The van der Waals surface area contributed by atoms with Crippen molar-refractivity contribution < 1.29 is 15.3 Å². The van der Waals surface area contributed by atoms with Crippen molar-refractivity contribution in [2.75, 3.05) is 6.54 Å². The molecule has 1 fully saturated rings. The van der Waals surface area contributed by atoms with E-state index in [4.69, 9.17) is 5.11 Å². The lowest BCUT2D eigenvalue weighted by molar-refractivity contribution is -0.0552. The summed E-state index contributed by atoms with van der Waals surface area (Å²) in [6, 6.07) is -0.390. The number of hydrogen-bond acceptors (Lipinski definition) is 4. The molecular formula is C7H15NO3. The van der Waals surface area contributed by atoms with E-state index in [-0.39, 0.29) is 0 Å². The van der Waals surface area contributed by atoms with Crippen LogP contribution in [-0.2, 0) is 0 Å². The highest BCUT2D eigenvalue weighted by molar-refractivity contribution is 4.89. The van der Waals surface area contributed by atoms with Crippen LogP contribution < -0.4 is 5.32 Å². The van der Waals surface area contributed by atoms with E-state index < -0.39 is 24.4 Å².